The summed E-state index contributed by atoms with van der Waals surface area (Å²) in [4.78, 5) is 31.4. The van der Waals surface area contributed by atoms with Crippen LogP contribution in [0.2, 0.25) is 5.02 Å². The zero-order chi connectivity index (χ0) is 22.8. The van der Waals surface area contributed by atoms with Gasteiger partial charge in [-0.1, -0.05) is 59.3 Å². The van der Waals surface area contributed by atoms with Gasteiger partial charge in [-0.3, -0.25) is 14.2 Å². The Hall–Kier alpha value is -3.00. The Kier molecular flexibility index (Phi) is 6.41. The lowest BCUT2D eigenvalue weighted by Crippen LogP contribution is -2.40. The van der Waals surface area contributed by atoms with E-state index in [1.165, 1.54) is 24.5 Å². The van der Waals surface area contributed by atoms with Crippen molar-refractivity contribution in [3.8, 4) is 5.75 Å². The number of aromatic hydroxyl groups is 1. The van der Waals surface area contributed by atoms with Gasteiger partial charge < -0.3 is 9.84 Å². The Morgan fingerprint density at radius 2 is 2.03 bits per heavy atom. The number of hydrogen-bond acceptors (Lipinski definition) is 6. The number of nitrogens with zero attached hydrogens (tertiary/aromatic N) is 2. The third-order valence-corrected chi connectivity index (χ3v) is 6.53. The number of halogens is 1. The molecule has 4 rings (SSSR count). The van der Waals surface area contributed by atoms with Crippen LogP contribution in [0.3, 0.4) is 0 Å². The molecule has 0 radical (unpaired) electrons. The fraction of sp³-hybridized carbons (Fsp3) is 0.208. The van der Waals surface area contributed by atoms with Crippen LogP contribution in [0, 0.1) is 0 Å². The van der Waals surface area contributed by atoms with Crippen molar-refractivity contribution in [1.29, 1.82) is 0 Å². The molecule has 0 fully saturated rings. The number of benzene rings is 2. The topological polar surface area (TPSA) is 80.9 Å². The molecule has 1 N–H and O–H groups in total. The van der Waals surface area contributed by atoms with Crippen LogP contribution in [-0.2, 0) is 16.0 Å². The van der Waals surface area contributed by atoms with E-state index in [4.69, 9.17) is 16.3 Å². The summed E-state index contributed by atoms with van der Waals surface area (Å²) >= 11 is 7.29. The maximum Gasteiger partial charge on any atom is 0.270 e. The number of hydrogen-bond donors (Lipinski definition) is 1. The first-order valence-electron chi connectivity index (χ1n) is 9.96. The third-order valence-electron chi connectivity index (χ3n) is 5.26. The molecule has 3 aromatic rings. The van der Waals surface area contributed by atoms with Crippen LogP contribution >= 0.6 is 22.9 Å². The van der Waals surface area contributed by atoms with Gasteiger partial charge in [0.05, 0.1) is 10.6 Å². The normalized spacial score (nSPS) is 16.1. The summed E-state index contributed by atoms with van der Waals surface area (Å²) in [7, 11) is 1.46. The standard InChI is InChI=1S/C24H21ClN2O4S/c1-14-21(19(29)13-31-2)22(15-6-4-3-5-7-15)27-23(30)20(32-24(27)26-14)11-8-16-12-17(25)9-10-18(16)28/h3-7,9-12,22,28H,8,13H2,1-2H3. The van der Waals surface area contributed by atoms with Crippen molar-refractivity contribution in [2.24, 2.45) is 4.99 Å². The average Bonchev–Trinajstić information content (AvgIpc) is 3.09. The van der Waals surface area contributed by atoms with Gasteiger partial charge in [-0.2, -0.15) is 0 Å². The number of methoxy groups -OCH3 is 1. The lowest BCUT2D eigenvalue weighted by Gasteiger charge is -2.25. The van der Waals surface area contributed by atoms with E-state index in [2.05, 4.69) is 4.99 Å². The van der Waals surface area contributed by atoms with Crippen molar-refractivity contribution in [3.05, 3.63) is 95.6 Å². The van der Waals surface area contributed by atoms with Gasteiger partial charge in [-0.25, -0.2) is 4.99 Å². The summed E-state index contributed by atoms with van der Waals surface area (Å²) in [5.41, 5.74) is 2.22. The molecular formula is C24H21ClN2O4S. The highest BCUT2D eigenvalue weighted by Gasteiger charge is 2.31. The average molecular weight is 469 g/mol. The highest BCUT2D eigenvalue weighted by Crippen LogP contribution is 2.30. The van der Waals surface area contributed by atoms with Crippen LogP contribution in [0.15, 0.2) is 69.6 Å². The first-order valence-corrected chi connectivity index (χ1v) is 11.2. The van der Waals surface area contributed by atoms with Gasteiger partial charge in [0, 0.05) is 23.4 Å². The number of ether oxygens (including phenoxy) is 1. The molecule has 6 nitrogen and oxygen atoms in total. The number of allylic oxidation sites excluding steroid dienone is 1. The first-order chi connectivity index (χ1) is 15.4. The van der Waals surface area contributed by atoms with Crippen LogP contribution in [0.5, 0.6) is 5.75 Å². The minimum atomic E-state index is -0.586. The van der Waals surface area contributed by atoms with Crippen LogP contribution in [0.1, 0.15) is 24.1 Å². The fourth-order valence-electron chi connectivity index (χ4n) is 3.80. The molecule has 2 aromatic carbocycles. The summed E-state index contributed by atoms with van der Waals surface area (Å²) in [6.45, 7) is 1.69. The molecule has 32 heavy (non-hydrogen) atoms. The van der Waals surface area contributed by atoms with Crippen molar-refractivity contribution in [2.75, 3.05) is 13.7 Å². The van der Waals surface area contributed by atoms with E-state index in [1.54, 1.807) is 29.7 Å². The van der Waals surface area contributed by atoms with E-state index in [9.17, 15) is 14.7 Å². The maximum atomic E-state index is 13.4. The van der Waals surface area contributed by atoms with Gasteiger partial charge in [0.1, 0.15) is 12.4 Å². The summed E-state index contributed by atoms with van der Waals surface area (Å²) in [5, 5.41) is 10.6. The molecule has 0 amide bonds. The Morgan fingerprint density at radius 1 is 1.28 bits per heavy atom. The molecule has 0 spiro atoms. The largest absolute Gasteiger partial charge is 0.508 e. The van der Waals surface area contributed by atoms with Crippen molar-refractivity contribution in [3.63, 3.8) is 0 Å². The van der Waals surface area contributed by atoms with E-state index in [-0.39, 0.29) is 23.7 Å². The monoisotopic (exact) mass is 468 g/mol. The van der Waals surface area contributed by atoms with Crippen molar-refractivity contribution < 1.29 is 14.6 Å². The summed E-state index contributed by atoms with van der Waals surface area (Å²) in [6.07, 6.45) is 2.09. The number of carbonyl (C=O) groups is 1. The molecule has 8 heteroatoms. The molecule has 0 saturated carbocycles. The zero-order valence-corrected chi connectivity index (χ0v) is 19.1. The van der Waals surface area contributed by atoms with Crippen molar-refractivity contribution in [1.82, 2.24) is 4.57 Å². The highest BCUT2D eigenvalue weighted by atomic mass is 35.5. The van der Waals surface area contributed by atoms with Gasteiger partial charge >= 0.3 is 0 Å². The van der Waals surface area contributed by atoms with E-state index >= 15 is 0 Å². The Bertz CT molecular complexity index is 1390. The smallest absolute Gasteiger partial charge is 0.270 e. The molecule has 1 unspecified atom stereocenters. The molecule has 0 saturated heterocycles. The minimum absolute atomic E-state index is 0.0905. The number of phenolic OH excluding ortho intramolecular Hbond substituents is 1. The molecule has 1 aliphatic heterocycles. The molecule has 164 valence electrons. The second-order valence-electron chi connectivity index (χ2n) is 7.39. The van der Waals surface area contributed by atoms with Gasteiger partial charge in [0.2, 0.25) is 0 Å². The van der Waals surface area contributed by atoms with E-state index in [0.717, 1.165) is 5.56 Å². The zero-order valence-electron chi connectivity index (χ0n) is 17.5. The number of Topliss-reactive ketones (excluding diaryl/α,β-unsaturated/α-hetero) is 1. The van der Waals surface area contributed by atoms with Crippen molar-refractivity contribution in [2.45, 2.75) is 19.4 Å². The van der Waals surface area contributed by atoms with Crippen LogP contribution in [0.4, 0.5) is 0 Å². The van der Waals surface area contributed by atoms with E-state index in [0.29, 0.717) is 37.6 Å². The predicted octanol–water partition coefficient (Wildman–Crippen LogP) is 3.00. The minimum Gasteiger partial charge on any atom is -0.508 e. The number of fused-ring (bicyclic) bond motifs is 1. The molecule has 1 aromatic heterocycles. The number of rotatable bonds is 6. The third kappa shape index (κ3) is 4.19. The number of carbonyl (C=O) groups excluding carboxylic acids is 1. The number of phenols is 1. The molecule has 1 aliphatic rings. The Balaban J connectivity index is 1.86. The summed E-state index contributed by atoms with van der Waals surface area (Å²) < 4.78 is 7.12. The second-order valence-corrected chi connectivity index (χ2v) is 8.83. The Morgan fingerprint density at radius 3 is 2.75 bits per heavy atom. The predicted molar refractivity (Wildman–Crippen MR) is 125 cm³/mol. The fourth-order valence-corrected chi connectivity index (χ4v) is 5.01. The highest BCUT2D eigenvalue weighted by molar-refractivity contribution is 7.07. The quantitative estimate of drug-likeness (QED) is 0.603. The molecule has 1 atom stereocenters. The van der Waals surface area contributed by atoms with Gasteiger partial charge in [0.25, 0.3) is 5.56 Å². The second kappa shape index (κ2) is 9.24. The van der Waals surface area contributed by atoms with Gasteiger partial charge in [-0.05, 0) is 42.7 Å². The molecule has 2 heterocycles. The summed E-state index contributed by atoms with van der Waals surface area (Å²) in [5.74, 6) is -0.0930. The number of thiazole rings is 1. The van der Waals surface area contributed by atoms with Crippen LogP contribution in [-0.4, -0.2) is 29.2 Å². The van der Waals surface area contributed by atoms with Crippen molar-refractivity contribution >= 4 is 34.8 Å². The first kappa shape index (κ1) is 22.2. The summed E-state index contributed by atoms with van der Waals surface area (Å²) in [6, 6.07) is 13.6. The molecule has 0 aliphatic carbocycles. The molecule has 0 bridgehead atoms. The lowest BCUT2D eigenvalue weighted by molar-refractivity contribution is -0.119. The number of aromatic nitrogens is 1. The van der Waals surface area contributed by atoms with E-state index in [1.807, 2.05) is 30.3 Å². The van der Waals surface area contributed by atoms with Gasteiger partial charge in [-0.15, -0.1) is 0 Å². The van der Waals surface area contributed by atoms with Crippen LogP contribution in [0.25, 0.3) is 6.08 Å². The lowest BCUT2D eigenvalue weighted by atomic mass is 9.93. The maximum absolute atomic E-state index is 13.4. The Labute approximate surface area is 193 Å². The molecular weight excluding hydrogens is 448 g/mol. The van der Waals surface area contributed by atoms with Crippen LogP contribution < -0.4 is 14.9 Å². The number of ketones is 1. The SMILES string of the molecule is COCC(=O)C1=C(C)N=c2sc(=CCc3cc(Cl)ccc3O)c(=O)n2C1c1ccccc1. The van der Waals surface area contributed by atoms with Gasteiger partial charge in [0.15, 0.2) is 10.6 Å². The van der Waals surface area contributed by atoms with E-state index < -0.39 is 6.04 Å².